The van der Waals surface area contributed by atoms with E-state index in [2.05, 4.69) is 58.3 Å². The van der Waals surface area contributed by atoms with E-state index in [-0.39, 0.29) is 18.1 Å². The maximum atomic E-state index is 13.2. The van der Waals surface area contributed by atoms with Crippen LogP contribution < -0.4 is 0 Å². The highest BCUT2D eigenvalue weighted by Gasteiger charge is 2.28. The van der Waals surface area contributed by atoms with Crippen molar-refractivity contribution in [3.05, 3.63) is 58.7 Å². The molecule has 1 fully saturated rings. The number of hydrogen-bond donors (Lipinski definition) is 0. The summed E-state index contributed by atoms with van der Waals surface area (Å²) in [7, 11) is 0. The third kappa shape index (κ3) is 4.62. The molecule has 1 atom stereocenters. The second kappa shape index (κ2) is 9.88. The van der Waals surface area contributed by atoms with Crippen LogP contribution in [-0.2, 0) is 4.74 Å². The molecule has 1 saturated heterocycles. The molecule has 1 unspecified atom stereocenters. The first-order valence-electron chi connectivity index (χ1n) is 12.5. The fourth-order valence-corrected chi connectivity index (χ4v) is 5.21. The highest BCUT2D eigenvalue weighted by atomic mass is 16.5. The molecule has 0 bridgehead atoms. The van der Waals surface area contributed by atoms with Crippen LogP contribution in [0.4, 0.5) is 0 Å². The molecule has 0 radical (unpaired) electrons. The number of pyridine rings is 2. The number of aryl methyl sites for hydroxylation is 2. The van der Waals surface area contributed by atoms with Crippen molar-refractivity contribution in [3.8, 4) is 11.1 Å². The van der Waals surface area contributed by atoms with Crippen molar-refractivity contribution in [2.24, 2.45) is 0 Å². The Kier molecular flexibility index (Phi) is 7.10. The Morgan fingerprint density at radius 2 is 1.74 bits per heavy atom. The Bertz CT molecular complexity index is 1190. The van der Waals surface area contributed by atoms with E-state index >= 15 is 0 Å². The van der Waals surface area contributed by atoms with Crippen LogP contribution in [0.5, 0.6) is 0 Å². The van der Waals surface area contributed by atoms with Gasteiger partial charge in [-0.25, -0.2) is 4.79 Å². The fraction of sp³-hybridized carbons (Fsp3) is 0.500. The largest absolute Gasteiger partial charge is 0.459 e. The fourth-order valence-electron chi connectivity index (χ4n) is 5.21. The minimum atomic E-state index is -0.259. The molecule has 3 aromatic rings. The second-order valence-electron chi connectivity index (χ2n) is 9.74. The van der Waals surface area contributed by atoms with Crippen LogP contribution in [0.3, 0.4) is 0 Å². The SMILES string of the molecule is CCN1CCN(C(C)c2c(C)c(C(=O)OC(C)C)cc3c(-c4ccc(C)nc4C)ccn23)CC1. The zero-order valence-electron chi connectivity index (χ0n) is 21.7. The van der Waals surface area contributed by atoms with Crippen molar-refractivity contribution in [2.75, 3.05) is 32.7 Å². The number of piperazine rings is 1. The van der Waals surface area contributed by atoms with Gasteiger partial charge >= 0.3 is 5.97 Å². The van der Waals surface area contributed by atoms with Crippen LogP contribution >= 0.6 is 0 Å². The molecule has 0 N–H and O–H groups in total. The van der Waals surface area contributed by atoms with Gasteiger partial charge in [-0.05, 0) is 71.8 Å². The third-order valence-corrected chi connectivity index (χ3v) is 7.13. The van der Waals surface area contributed by atoms with E-state index in [1.807, 2.05) is 39.8 Å². The smallest absolute Gasteiger partial charge is 0.338 e. The van der Waals surface area contributed by atoms with Crippen LogP contribution in [0.1, 0.15) is 66.7 Å². The predicted octanol–water partition coefficient (Wildman–Crippen LogP) is 5.19. The Balaban J connectivity index is 1.87. The lowest BCUT2D eigenvalue weighted by atomic mass is 9.99. The molecular weight excluding hydrogens is 424 g/mol. The summed E-state index contributed by atoms with van der Waals surface area (Å²) in [6, 6.07) is 8.50. The van der Waals surface area contributed by atoms with Crippen LogP contribution in [-0.4, -0.2) is 64.0 Å². The van der Waals surface area contributed by atoms with Crippen molar-refractivity contribution in [2.45, 2.75) is 60.6 Å². The maximum Gasteiger partial charge on any atom is 0.338 e. The van der Waals surface area contributed by atoms with Gasteiger partial charge in [0.25, 0.3) is 0 Å². The Hall–Kier alpha value is -2.70. The molecule has 4 heterocycles. The van der Waals surface area contributed by atoms with Crippen LogP contribution in [0.25, 0.3) is 16.6 Å². The summed E-state index contributed by atoms with van der Waals surface area (Å²) in [6.07, 6.45) is 1.98. The highest BCUT2D eigenvalue weighted by molar-refractivity contribution is 5.95. The van der Waals surface area contributed by atoms with Crippen LogP contribution in [0, 0.1) is 20.8 Å². The first-order valence-corrected chi connectivity index (χ1v) is 12.5. The van der Waals surface area contributed by atoms with Gasteiger partial charge < -0.3 is 14.0 Å². The van der Waals surface area contributed by atoms with Crippen molar-refractivity contribution < 1.29 is 9.53 Å². The van der Waals surface area contributed by atoms with Crippen LogP contribution in [0.2, 0.25) is 0 Å². The number of hydrogen-bond acceptors (Lipinski definition) is 5. The standard InChI is InChI=1S/C28H38N4O2/c1-8-30-13-15-31(16-14-30)22(7)27-20(5)25(28(33)34-18(2)3)17-26-24(11-12-32(26)27)23-10-9-19(4)29-21(23)6/h9-12,17-18,22H,8,13-16H2,1-7H3. The summed E-state index contributed by atoms with van der Waals surface area (Å²) in [5.74, 6) is -0.259. The van der Waals surface area contributed by atoms with Gasteiger partial charge in [-0.3, -0.25) is 9.88 Å². The van der Waals surface area contributed by atoms with Crippen molar-refractivity contribution >= 4 is 11.5 Å². The van der Waals surface area contributed by atoms with Gasteiger partial charge in [0, 0.05) is 66.6 Å². The van der Waals surface area contributed by atoms with Gasteiger partial charge in [-0.15, -0.1) is 0 Å². The zero-order valence-corrected chi connectivity index (χ0v) is 21.7. The summed E-state index contributed by atoms with van der Waals surface area (Å²) in [4.78, 5) is 22.9. The molecule has 0 amide bonds. The minimum absolute atomic E-state index is 0.166. The number of likely N-dealkylation sites (N-methyl/N-ethyl adjacent to an activating group) is 1. The normalized spacial score (nSPS) is 16.4. The van der Waals surface area contributed by atoms with Crippen LogP contribution in [0.15, 0.2) is 30.5 Å². The van der Waals surface area contributed by atoms with E-state index in [1.165, 1.54) is 0 Å². The molecule has 34 heavy (non-hydrogen) atoms. The molecule has 0 aromatic carbocycles. The molecule has 4 rings (SSSR count). The van der Waals surface area contributed by atoms with E-state index in [0.29, 0.717) is 5.56 Å². The summed E-state index contributed by atoms with van der Waals surface area (Å²) >= 11 is 0. The van der Waals surface area contributed by atoms with Gasteiger partial charge in [0.05, 0.1) is 17.2 Å². The lowest BCUT2D eigenvalue weighted by Crippen LogP contribution is -2.47. The number of carbonyl (C=O) groups excluding carboxylic acids is 1. The number of carbonyl (C=O) groups is 1. The molecule has 1 aliphatic heterocycles. The quantitative estimate of drug-likeness (QED) is 0.472. The van der Waals surface area contributed by atoms with E-state index < -0.39 is 0 Å². The Morgan fingerprint density at radius 1 is 1.03 bits per heavy atom. The molecule has 0 aliphatic carbocycles. The minimum Gasteiger partial charge on any atom is -0.459 e. The van der Waals surface area contributed by atoms with Gasteiger partial charge in [-0.2, -0.15) is 0 Å². The molecule has 6 heteroatoms. The van der Waals surface area contributed by atoms with Gasteiger partial charge in [0.15, 0.2) is 0 Å². The summed E-state index contributed by atoms with van der Waals surface area (Å²) in [6.45, 7) is 19.7. The average molecular weight is 463 g/mol. The molecular formula is C28H38N4O2. The van der Waals surface area contributed by atoms with E-state index in [4.69, 9.17) is 4.74 Å². The molecule has 6 nitrogen and oxygen atoms in total. The molecule has 0 spiro atoms. The number of aromatic nitrogens is 2. The summed E-state index contributed by atoms with van der Waals surface area (Å²) in [5.41, 5.74) is 7.99. The highest BCUT2D eigenvalue weighted by Crippen LogP contribution is 2.35. The molecule has 3 aromatic heterocycles. The molecule has 182 valence electrons. The Labute approximate surface area is 203 Å². The zero-order chi connectivity index (χ0) is 24.6. The van der Waals surface area contributed by atoms with Crippen molar-refractivity contribution in [1.29, 1.82) is 0 Å². The maximum absolute atomic E-state index is 13.2. The summed E-state index contributed by atoms with van der Waals surface area (Å²) in [5, 5.41) is 0. The second-order valence-corrected chi connectivity index (χ2v) is 9.74. The van der Waals surface area contributed by atoms with Crippen molar-refractivity contribution in [1.82, 2.24) is 19.2 Å². The van der Waals surface area contributed by atoms with E-state index in [1.54, 1.807) is 0 Å². The topological polar surface area (TPSA) is 50.1 Å². The molecule has 1 aliphatic rings. The third-order valence-electron chi connectivity index (χ3n) is 7.13. The summed E-state index contributed by atoms with van der Waals surface area (Å²) < 4.78 is 7.93. The number of esters is 1. The van der Waals surface area contributed by atoms with E-state index in [9.17, 15) is 4.79 Å². The lowest BCUT2D eigenvalue weighted by molar-refractivity contribution is 0.0376. The monoisotopic (exact) mass is 462 g/mol. The first-order chi connectivity index (χ1) is 16.2. The number of nitrogens with zero attached hydrogens (tertiary/aromatic N) is 4. The van der Waals surface area contributed by atoms with Gasteiger partial charge in [0.2, 0.25) is 0 Å². The average Bonchev–Trinajstić information content (AvgIpc) is 3.21. The van der Waals surface area contributed by atoms with Gasteiger partial charge in [0.1, 0.15) is 0 Å². The molecule has 0 saturated carbocycles. The predicted molar refractivity (Wildman–Crippen MR) is 137 cm³/mol. The van der Waals surface area contributed by atoms with Crippen molar-refractivity contribution in [3.63, 3.8) is 0 Å². The van der Waals surface area contributed by atoms with Gasteiger partial charge in [-0.1, -0.05) is 13.0 Å². The first kappa shape index (κ1) is 24.4. The number of ether oxygens (including phenoxy) is 1. The lowest BCUT2D eigenvalue weighted by Gasteiger charge is -2.38. The Morgan fingerprint density at radius 3 is 2.35 bits per heavy atom. The van der Waals surface area contributed by atoms with E-state index in [0.717, 1.165) is 72.0 Å². The number of fused-ring (bicyclic) bond motifs is 1. The number of rotatable bonds is 6.